The van der Waals surface area contributed by atoms with Gasteiger partial charge in [-0.3, -0.25) is 0 Å². The third-order valence-electron chi connectivity index (χ3n) is 6.98. The number of hydrogen-bond donors (Lipinski definition) is 1. The molecule has 9 nitrogen and oxygen atoms in total. The van der Waals surface area contributed by atoms with Crippen LogP contribution in [0.2, 0.25) is 0 Å². The average Bonchev–Trinajstić information content (AvgIpc) is 3.34. The highest BCUT2D eigenvalue weighted by Gasteiger charge is 2.38. The van der Waals surface area contributed by atoms with Gasteiger partial charge in [0.1, 0.15) is 0 Å². The second-order valence-corrected chi connectivity index (χ2v) is 9.53. The number of allylic oxidation sites excluding steroid dienone is 1. The van der Waals surface area contributed by atoms with Crippen LogP contribution in [0, 0.1) is 6.92 Å². The highest BCUT2D eigenvalue weighted by atomic mass is 16.6. The van der Waals surface area contributed by atoms with Crippen molar-refractivity contribution in [3.8, 4) is 5.88 Å². The third kappa shape index (κ3) is 7.11. The summed E-state index contributed by atoms with van der Waals surface area (Å²) in [5, 5.41) is 9.70. The Kier molecular flexibility index (Phi) is 9.73. The van der Waals surface area contributed by atoms with Gasteiger partial charge in [-0.15, -0.1) is 0 Å². The fourth-order valence-electron chi connectivity index (χ4n) is 5.02. The summed E-state index contributed by atoms with van der Waals surface area (Å²) < 4.78 is 23.0. The Bertz CT molecular complexity index is 1120. The lowest BCUT2D eigenvalue weighted by Gasteiger charge is -2.29. The molecule has 1 fully saturated rings. The summed E-state index contributed by atoms with van der Waals surface area (Å²) in [6.45, 7) is 5.03. The molecule has 1 aromatic heterocycles. The molecule has 0 saturated carbocycles. The quantitative estimate of drug-likeness (QED) is 0.424. The maximum absolute atomic E-state index is 11.8. The number of likely N-dealkylation sites (tertiary alicyclic amines) is 1. The van der Waals surface area contributed by atoms with Crippen LogP contribution in [0.4, 0.5) is 4.79 Å². The molecule has 1 saturated heterocycles. The summed E-state index contributed by atoms with van der Waals surface area (Å²) in [6, 6.07) is 11.5. The van der Waals surface area contributed by atoms with Crippen LogP contribution >= 0.6 is 0 Å². The van der Waals surface area contributed by atoms with Gasteiger partial charge in [-0.25, -0.2) is 14.6 Å². The van der Waals surface area contributed by atoms with E-state index in [4.69, 9.17) is 18.9 Å². The standard InChI is InChI=1S/C29H36N2O7/c1-3-35-26(32)19-38-28-27(20(2)13-15-30-28)22-9-11-23(12-10-22)36-18-24-25(14-16-31(24)29(33)34)37-17-21-7-5-4-6-8-21/h4-9,13,15,23-25H,3,10-12,14,16-19H2,1-2H3,(H,33,34)/t23?,24-,25?/m1/s1. The van der Waals surface area contributed by atoms with Crippen LogP contribution in [-0.4, -0.2) is 71.7 Å². The number of benzene rings is 1. The first-order valence-electron chi connectivity index (χ1n) is 13.2. The van der Waals surface area contributed by atoms with E-state index in [0.717, 1.165) is 35.1 Å². The number of nitrogens with zero attached hydrogens (tertiary/aromatic N) is 2. The number of amides is 1. The predicted octanol–water partition coefficient (Wildman–Crippen LogP) is 4.62. The number of rotatable bonds is 11. The second kappa shape index (κ2) is 13.4. The van der Waals surface area contributed by atoms with Crippen LogP contribution in [0.15, 0.2) is 48.7 Å². The summed E-state index contributed by atoms with van der Waals surface area (Å²) in [6.07, 6.45) is 5.50. The molecular formula is C29H36N2O7. The zero-order chi connectivity index (χ0) is 26.9. The molecule has 204 valence electrons. The van der Waals surface area contributed by atoms with E-state index in [-0.39, 0.29) is 24.9 Å². The van der Waals surface area contributed by atoms with E-state index in [0.29, 0.717) is 45.1 Å². The van der Waals surface area contributed by atoms with Crippen molar-refractivity contribution in [2.75, 3.05) is 26.4 Å². The van der Waals surface area contributed by atoms with Gasteiger partial charge in [-0.05, 0) is 62.3 Å². The average molecular weight is 525 g/mol. The van der Waals surface area contributed by atoms with Gasteiger partial charge in [-0.2, -0.15) is 0 Å². The fraction of sp³-hybridized carbons (Fsp3) is 0.483. The van der Waals surface area contributed by atoms with E-state index >= 15 is 0 Å². The summed E-state index contributed by atoms with van der Waals surface area (Å²) in [5.41, 5.74) is 4.08. The van der Waals surface area contributed by atoms with Crippen molar-refractivity contribution in [3.05, 3.63) is 65.4 Å². The lowest BCUT2D eigenvalue weighted by molar-refractivity contribution is -0.145. The van der Waals surface area contributed by atoms with Gasteiger partial charge in [0.25, 0.3) is 0 Å². The predicted molar refractivity (Wildman–Crippen MR) is 141 cm³/mol. The Balaban J connectivity index is 1.35. The van der Waals surface area contributed by atoms with Crippen LogP contribution in [0.5, 0.6) is 5.88 Å². The summed E-state index contributed by atoms with van der Waals surface area (Å²) in [7, 11) is 0. The minimum absolute atomic E-state index is 0.0225. The molecule has 3 atom stereocenters. The first-order valence-corrected chi connectivity index (χ1v) is 13.2. The summed E-state index contributed by atoms with van der Waals surface area (Å²) in [4.78, 5) is 29.4. The van der Waals surface area contributed by atoms with E-state index in [2.05, 4.69) is 11.1 Å². The SMILES string of the molecule is CCOC(=O)COc1nccc(C)c1C1=CCC(OC[C@@H]2C(OCc3ccccc3)CCN2C(=O)O)CC1. The molecule has 4 rings (SSSR count). The summed E-state index contributed by atoms with van der Waals surface area (Å²) >= 11 is 0. The van der Waals surface area contributed by atoms with Gasteiger partial charge < -0.3 is 29.0 Å². The molecule has 2 unspecified atom stereocenters. The highest BCUT2D eigenvalue weighted by molar-refractivity contribution is 5.74. The minimum atomic E-state index is -0.947. The van der Waals surface area contributed by atoms with Crippen molar-refractivity contribution in [3.63, 3.8) is 0 Å². The zero-order valence-electron chi connectivity index (χ0n) is 22.0. The van der Waals surface area contributed by atoms with Crippen LogP contribution < -0.4 is 4.74 Å². The van der Waals surface area contributed by atoms with Crippen molar-refractivity contribution < 1.29 is 33.6 Å². The lowest BCUT2D eigenvalue weighted by Crippen LogP contribution is -2.43. The van der Waals surface area contributed by atoms with Crippen molar-refractivity contribution in [2.24, 2.45) is 0 Å². The number of pyridine rings is 1. The highest BCUT2D eigenvalue weighted by Crippen LogP contribution is 2.35. The van der Waals surface area contributed by atoms with E-state index in [1.54, 1.807) is 13.1 Å². The Labute approximate surface area is 223 Å². The van der Waals surface area contributed by atoms with E-state index in [9.17, 15) is 14.7 Å². The number of aryl methyl sites for hydroxylation is 1. The van der Waals surface area contributed by atoms with Gasteiger partial charge in [0, 0.05) is 18.3 Å². The molecule has 1 amide bonds. The minimum Gasteiger partial charge on any atom is -0.465 e. The molecular weight excluding hydrogens is 488 g/mol. The fourth-order valence-corrected chi connectivity index (χ4v) is 5.02. The lowest BCUT2D eigenvalue weighted by atomic mass is 9.90. The Morgan fingerprint density at radius 1 is 1.13 bits per heavy atom. The van der Waals surface area contributed by atoms with Gasteiger partial charge in [-0.1, -0.05) is 36.4 Å². The maximum Gasteiger partial charge on any atom is 0.407 e. The molecule has 1 aromatic carbocycles. The number of carbonyl (C=O) groups excluding carboxylic acids is 1. The number of esters is 1. The summed E-state index contributed by atoms with van der Waals surface area (Å²) in [5.74, 6) is -0.00801. The molecule has 2 heterocycles. The largest absolute Gasteiger partial charge is 0.465 e. The molecule has 9 heteroatoms. The number of carboxylic acid groups (broad SMARTS) is 1. The maximum atomic E-state index is 11.8. The van der Waals surface area contributed by atoms with Crippen molar-refractivity contribution >= 4 is 17.6 Å². The number of carbonyl (C=O) groups is 2. The molecule has 38 heavy (non-hydrogen) atoms. The van der Waals surface area contributed by atoms with E-state index in [1.165, 1.54) is 4.90 Å². The van der Waals surface area contributed by atoms with Gasteiger partial charge in [0.15, 0.2) is 6.61 Å². The van der Waals surface area contributed by atoms with Gasteiger partial charge in [0.2, 0.25) is 5.88 Å². The number of aromatic nitrogens is 1. The smallest absolute Gasteiger partial charge is 0.407 e. The van der Waals surface area contributed by atoms with E-state index in [1.807, 2.05) is 43.3 Å². The molecule has 0 radical (unpaired) electrons. The Morgan fingerprint density at radius 3 is 2.66 bits per heavy atom. The molecule has 1 aliphatic carbocycles. The normalized spacial score (nSPS) is 21.2. The second-order valence-electron chi connectivity index (χ2n) is 9.53. The first-order chi connectivity index (χ1) is 18.5. The molecule has 0 spiro atoms. The van der Waals surface area contributed by atoms with E-state index < -0.39 is 12.1 Å². The third-order valence-corrected chi connectivity index (χ3v) is 6.98. The van der Waals surface area contributed by atoms with Crippen molar-refractivity contribution in [2.45, 2.75) is 64.4 Å². The monoisotopic (exact) mass is 524 g/mol. The Morgan fingerprint density at radius 2 is 1.95 bits per heavy atom. The number of hydrogen-bond acceptors (Lipinski definition) is 7. The molecule has 1 aliphatic heterocycles. The molecule has 1 N–H and O–H groups in total. The van der Waals surface area contributed by atoms with Gasteiger partial charge >= 0.3 is 12.1 Å². The van der Waals surface area contributed by atoms with Crippen LogP contribution in [-0.2, 0) is 25.6 Å². The van der Waals surface area contributed by atoms with Crippen LogP contribution in [0.1, 0.15) is 49.3 Å². The van der Waals surface area contributed by atoms with Crippen molar-refractivity contribution in [1.29, 1.82) is 0 Å². The molecule has 2 aliphatic rings. The van der Waals surface area contributed by atoms with Gasteiger partial charge in [0.05, 0.1) is 38.1 Å². The Hall–Kier alpha value is -3.43. The molecule has 0 bridgehead atoms. The van der Waals surface area contributed by atoms with Crippen LogP contribution in [0.3, 0.4) is 0 Å². The zero-order valence-corrected chi connectivity index (χ0v) is 22.0. The number of ether oxygens (including phenoxy) is 4. The molecule has 2 aromatic rings. The first kappa shape index (κ1) is 27.6. The topological polar surface area (TPSA) is 107 Å². The van der Waals surface area contributed by atoms with Crippen LogP contribution in [0.25, 0.3) is 5.57 Å². The van der Waals surface area contributed by atoms with Crippen molar-refractivity contribution in [1.82, 2.24) is 9.88 Å².